The van der Waals surface area contributed by atoms with Crippen LogP contribution in [0.2, 0.25) is 0 Å². The highest BCUT2D eigenvalue weighted by molar-refractivity contribution is 5.92. The molecule has 2 aromatic rings. The number of hydrogen-bond acceptors (Lipinski definition) is 5. The fourth-order valence-electron chi connectivity index (χ4n) is 2.98. The lowest BCUT2D eigenvalue weighted by molar-refractivity contribution is 0.0670. The molecule has 1 aliphatic heterocycles. The van der Waals surface area contributed by atoms with Crippen LogP contribution in [0.1, 0.15) is 34.6 Å². The van der Waals surface area contributed by atoms with Gasteiger partial charge in [0.05, 0.1) is 26.5 Å². The summed E-state index contributed by atoms with van der Waals surface area (Å²) in [6, 6.07) is 3.89. The van der Waals surface area contributed by atoms with Gasteiger partial charge in [0.2, 0.25) is 0 Å². The number of carbonyl (C=O) groups is 1. The zero-order valence-corrected chi connectivity index (χ0v) is 13.4. The standard InChI is InChI=1S/C17H19N3O3/c1-11-13-9-16(23-3)15(22-2)8-12(13)4-7-20(11)17(21)14-10-18-5-6-19-14/h5-6,8-11H,4,7H2,1-3H3. The molecule has 1 aromatic heterocycles. The Hall–Kier alpha value is -2.63. The van der Waals surface area contributed by atoms with Gasteiger partial charge in [0.15, 0.2) is 11.5 Å². The number of methoxy groups -OCH3 is 2. The average molecular weight is 313 g/mol. The first-order valence-electron chi connectivity index (χ1n) is 7.47. The first-order chi connectivity index (χ1) is 11.2. The van der Waals surface area contributed by atoms with Gasteiger partial charge in [-0.05, 0) is 36.6 Å². The number of aromatic nitrogens is 2. The molecule has 6 heteroatoms. The van der Waals surface area contributed by atoms with E-state index in [1.807, 2.05) is 24.0 Å². The molecular weight excluding hydrogens is 294 g/mol. The zero-order valence-electron chi connectivity index (χ0n) is 13.4. The largest absolute Gasteiger partial charge is 0.493 e. The van der Waals surface area contributed by atoms with Crippen LogP contribution in [-0.2, 0) is 6.42 Å². The maximum Gasteiger partial charge on any atom is 0.274 e. The Morgan fingerprint density at radius 3 is 2.61 bits per heavy atom. The lowest BCUT2D eigenvalue weighted by Crippen LogP contribution is -2.39. The predicted molar refractivity (Wildman–Crippen MR) is 84.7 cm³/mol. The second kappa shape index (κ2) is 6.24. The predicted octanol–water partition coefficient (Wildman–Crippen LogP) is 2.25. The van der Waals surface area contributed by atoms with Crippen molar-refractivity contribution in [2.45, 2.75) is 19.4 Å². The summed E-state index contributed by atoms with van der Waals surface area (Å²) in [5, 5.41) is 0. The molecule has 23 heavy (non-hydrogen) atoms. The summed E-state index contributed by atoms with van der Waals surface area (Å²) in [5.74, 6) is 1.28. The molecule has 2 heterocycles. The van der Waals surface area contributed by atoms with Gasteiger partial charge in [-0.2, -0.15) is 0 Å². The normalized spacial score (nSPS) is 16.7. The highest BCUT2D eigenvalue weighted by Gasteiger charge is 2.30. The summed E-state index contributed by atoms with van der Waals surface area (Å²) >= 11 is 0. The summed E-state index contributed by atoms with van der Waals surface area (Å²) < 4.78 is 10.7. The third kappa shape index (κ3) is 2.72. The Balaban J connectivity index is 1.94. The van der Waals surface area contributed by atoms with Crippen molar-refractivity contribution in [1.82, 2.24) is 14.9 Å². The number of amides is 1. The molecule has 3 rings (SSSR count). The number of benzene rings is 1. The minimum atomic E-state index is -0.106. The lowest BCUT2D eigenvalue weighted by atomic mass is 9.92. The monoisotopic (exact) mass is 313 g/mol. The number of ether oxygens (including phenoxy) is 2. The van der Waals surface area contributed by atoms with Gasteiger partial charge >= 0.3 is 0 Å². The molecule has 0 bridgehead atoms. The van der Waals surface area contributed by atoms with Crippen LogP contribution in [0.25, 0.3) is 0 Å². The number of rotatable bonds is 3. The molecule has 1 unspecified atom stereocenters. The smallest absolute Gasteiger partial charge is 0.274 e. The van der Waals surface area contributed by atoms with E-state index in [0.29, 0.717) is 23.7 Å². The third-order valence-corrected chi connectivity index (χ3v) is 4.23. The molecule has 0 aliphatic carbocycles. The molecule has 1 amide bonds. The van der Waals surface area contributed by atoms with Crippen molar-refractivity contribution in [3.63, 3.8) is 0 Å². The fourth-order valence-corrected chi connectivity index (χ4v) is 2.98. The van der Waals surface area contributed by atoms with Crippen LogP contribution in [0.3, 0.4) is 0 Å². The SMILES string of the molecule is COc1cc2c(cc1OC)C(C)N(C(=O)c1cnccn1)CC2. The number of fused-ring (bicyclic) bond motifs is 1. The van der Waals surface area contributed by atoms with Crippen molar-refractivity contribution in [2.24, 2.45) is 0 Å². The molecule has 0 radical (unpaired) electrons. The van der Waals surface area contributed by atoms with E-state index >= 15 is 0 Å². The quantitative estimate of drug-likeness (QED) is 0.869. The minimum Gasteiger partial charge on any atom is -0.493 e. The van der Waals surface area contributed by atoms with Gasteiger partial charge < -0.3 is 14.4 Å². The minimum absolute atomic E-state index is 0.0620. The van der Waals surface area contributed by atoms with E-state index in [2.05, 4.69) is 9.97 Å². The molecule has 6 nitrogen and oxygen atoms in total. The number of nitrogens with zero attached hydrogens (tertiary/aromatic N) is 3. The third-order valence-electron chi connectivity index (χ3n) is 4.23. The molecule has 1 aromatic carbocycles. The van der Waals surface area contributed by atoms with Crippen molar-refractivity contribution in [3.05, 3.63) is 47.5 Å². The van der Waals surface area contributed by atoms with Crippen molar-refractivity contribution in [3.8, 4) is 11.5 Å². The molecule has 0 spiro atoms. The average Bonchev–Trinajstić information content (AvgIpc) is 2.61. The first-order valence-corrected chi connectivity index (χ1v) is 7.47. The number of carbonyl (C=O) groups excluding carboxylic acids is 1. The molecule has 0 N–H and O–H groups in total. The summed E-state index contributed by atoms with van der Waals surface area (Å²) in [6.45, 7) is 2.65. The maximum absolute atomic E-state index is 12.7. The van der Waals surface area contributed by atoms with Gasteiger partial charge in [-0.15, -0.1) is 0 Å². The van der Waals surface area contributed by atoms with E-state index in [9.17, 15) is 4.79 Å². The maximum atomic E-state index is 12.7. The van der Waals surface area contributed by atoms with E-state index in [0.717, 1.165) is 12.0 Å². The van der Waals surface area contributed by atoms with Crippen LogP contribution in [0.15, 0.2) is 30.7 Å². The van der Waals surface area contributed by atoms with Crippen molar-refractivity contribution < 1.29 is 14.3 Å². The van der Waals surface area contributed by atoms with E-state index in [4.69, 9.17) is 9.47 Å². The van der Waals surface area contributed by atoms with Crippen LogP contribution < -0.4 is 9.47 Å². The highest BCUT2D eigenvalue weighted by atomic mass is 16.5. The van der Waals surface area contributed by atoms with Gasteiger partial charge in [0, 0.05) is 18.9 Å². The van der Waals surface area contributed by atoms with E-state index in [1.165, 1.54) is 18.0 Å². The summed E-state index contributed by atoms with van der Waals surface area (Å²) in [5.41, 5.74) is 2.62. The molecule has 0 saturated heterocycles. The Labute approximate surface area is 135 Å². The van der Waals surface area contributed by atoms with Crippen molar-refractivity contribution >= 4 is 5.91 Å². The molecule has 1 atom stereocenters. The summed E-state index contributed by atoms with van der Waals surface area (Å²) in [6.07, 6.45) is 5.36. The van der Waals surface area contributed by atoms with Gasteiger partial charge in [-0.1, -0.05) is 0 Å². The van der Waals surface area contributed by atoms with Crippen LogP contribution in [0, 0.1) is 0 Å². The van der Waals surface area contributed by atoms with Crippen LogP contribution in [0.5, 0.6) is 11.5 Å². The van der Waals surface area contributed by atoms with E-state index in [1.54, 1.807) is 20.4 Å². The summed E-state index contributed by atoms with van der Waals surface area (Å²) in [7, 11) is 3.24. The molecule has 120 valence electrons. The second-order valence-electron chi connectivity index (χ2n) is 5.42. The Morgan fingerprint density at radius 2 is 1.96 bits per heavy atom. The molecule has 0 saturated carbocycles. The van der Waals surface area contributed by atoms with Gasteiger partial charge in [-0.3, -0.25) is 9.78 Å². The Morgan fingerprint density at radius 1 is 1.22 bits per heavy atom. The van der Waals surface area contributed by atoms with Crippen LogP contribution in [0.4, 0.5) is 0 Å². The first kappa shape index (κ1) is 15.3. The van der Waals surface area contributed by atoms with Crippen LogP contribution >= 0.6 is 0 Å². The molecular formula is C17H19N3O3. The second-order valence-corrected chi connectivity index (χ2v) is 5.42. The zero-order chi connectivity index (χ0) is 16.4. The van der Waals surface area contributed by atoms with Crippen LogP contribution in [-0.4, -0.2) is 41.5 Å². The lowest BCUT2D eigenvalue weighted by Gasteiger charge is -2.35. The van der Waals surface area contributed by atoms with Gasteiger partial charge in [-0.25, -0.2) is 4.98 Å². The van der Waals surface area contributed by atoms with Gasteiger partial charge in [0.1, 0.15) is 5.69 Å². The Bertz CT molecular complexity index is 719. The highest BCUT2D eigenvalue weighted by Crippen LogP contribution is 2.38. The van der Waals surface area contributed by atoms with E-state index in [-0.39, 0.29) is 11.9 Å². The molecule has 0 fully saturated rings. The van der Waals surface area contributed by atoms with Gasteiger partial charge in [0.25, 0.3) is 5.91 Å². The Kier molecular flexibility index (Phi) is 4.14. The number of hydrogen-bond donors (Lipinski definition) is 0. The van der Waals surface area contributed by atoms with E-state index < -0.39 is 0 Å². The topological polar surface area (TPSA) is 64.6 Å². The summed E-state index contributed by atoms with van der Waals surface area (Å²) in [4.78, 5) is 22.6. The molecule has 1 aliphatic rings. The van der Waals surface area contributed by atoms with Crippen molar-refractivity contribution in [2.75, 3.05) is 20.8 Å². The van der Waals surface area contributed by atoms with Crippen molar-refractivity contribution in [1.29, 1.82) is 0 Å². The fraction of sp³-hybridized carbons (Fsp3) is 0.353.